The van der Waals surface area contributed by atoms with Crippen molar-refractivity contribution >= 4 is 39.4 Å². The summed E-state index contributed by atoms with van der Waals surface area (Å²) in [6.45, 7) is 5.03. The number of nitrogens with two attached hydrogens (primary N) is 1. The molecular formula is C23H23N7OS. The van der Waals surface area contributed by atoms with E-state index in [1.54, 1.807) is 0 Å². The number of thiazole rings is 1. The molecule has 2 aromatic carbocycles. The van der Waals surface area contributed by atoms with Gasteiger partial charge in [0.1, 0.15) is 21.0 Å². The number of fused-ring (bicyclic) bond motifs is 1. The quantitative estimate of drug-likeness (QED) is 0.443. The number of nitrogens with zero attached hydrogens (tertiary/aromatic N) is 4. The van der Waals surface area contributed by atoms with Crippen molar-refractivity contribution in [1.29, 1.82) is 0 Å². The van der Waals surface area contributed by atoms with Crippen molar-refractivity contribution in [3.63, 3.8) is 0 Å². The summed E-state index contributed by atoms with van der Waals surface area (Å²) in [7, 11) is 0. The lowest BCUT2D eigenvalue weighted by Crippen LogP contribution is -2.48. The third-order valence-corrected chi connectivity index (χ3v) is 6.43. The summed E-state index contributed by atoms with van der Waals surface area (Å²) < 4.78 is 0. The predicted molar refractivity (Wildman–Crippen MR) is 129 cm³/mol. The minimum absolute atomic E-state index is 0.0840. The van der Waals surface area contributed by atoms with E-state index in [9.17, 15) is 4.79 Å². The predicted octanol–water partition coefficient (Wildman–Crippen LogP) is 3.75. The molecule has 1 saturated heterocycles. The number of nitrogens with one attached hydrogen (secondary N) is 2. The molecule has 1 fully saturated rings. The van der Waals surface area contributed by atoms with Crippen molar-refractivity contribution in [1.82, 2.24) is 25.2 Å². The van der Waals surface area contributed by atoms with Gasteiger partial charge in [-0.1, -0.05) is 47.7 Å². The van der Waals surface area contributed by atoms with Crippen LogP contribution in [0.2, 0.25) is 0 Å². The summed E-state index contributed by atoms with van der Waals surface area (Å²) in [6.07, 6.45) is 0. The van der Waals surface area contributed by atoms with Crippen LogP contribution < -0.4 is 16.4 Å². The fraction of sp³-hybridized carbons (Fsp3) is 0.217. The molecule has 9 heteroatoms. The summed E-state index contributed by atoms with van der Waals surface area (Å²) in [5, 5.41) is 7.12. The van der Waals surface area contributed by atoms with Gasteiger partial charge >= 0.3 is 6.03 Å². The first-order valence-electron chi connectivity index (χ1n) is 10.5. The number of carbonyl (C=O) groups is 1. The molecule has 1 aliphatic heterocycles. The first-order valence-corrected chi connectivity index (χ1v) is 11.3. The summed E-state index contributed by atoms with van der Waals surface area (Å²) in [4.78, 5) is 28.8. The Balaban J connectivity index is 1.48. The number of rotatable bonds is 3. The molecular weight excluding hydrogens is 422 g/mol. The van der Waals surface area contributed by atoms with Crippen LogP contribution in [0.3, 0.4) is 0 Å². The average molecular weight is 446 g/mol. The van der Waals surface area contributed by atoms with Crippen molar-refractivity contribution in [3.8, 4) is 21.8 Å². The van der Waals surface area contributed by atoms with Crippen LogP contribution in [0.4, 0.5) is 16.4 Å². The zero-order valence-electron chi connectivity index (χ0n) is 17.6. The highest BCUT2D eigenvalue weighted by atomic mass is 32.1. The number of hydrogen-bond donors (Lipinski definition) is 3. The largest absolute Gasteiger partial charge is 0.368 e. The number of hydrogen-bond acceptors (Lipinski definition) is 7. The number of carbonyl (C=O) groups excluding carboxylic acids is 1. The summed E-state index contributed by atoms with van der Waals surface area (Å²) in [6, 6.07) is 15.7. The molecule has 8 nitrogen and oxygen atoms in total. The van der Waals surface area contributed by atoms with E-state index in [1.165, 1.54) is 11.3 Å². The molecule has 0 atom stereocenters. The van der Waals surface area contributed by atoms with E-state index in [-0.39, 0.29) is 12.0 Å². The highest BCUT2D eigenvalue weighted by molar-refractivity contribution is 7.21. The van der Waals surface area contributed by atoms with Gasteiger partial charge in [-0.2, -0.15) is 0 Å². The molecule has 0 bridgehead atoms. The zero-order chi connectivity index (χ0) is 22.1. The molecule has 4 aromatic rings. The van der Waals surface area contributed by atoms with E-state index in [2.05, 4.69) is 20.6 Å². The highest BCUT2D eigenvalue weighted by Gasteiger charge is 2.19. The molecule has 32 heavy (non-hydrogen) atoms. The van der Waals surface area contributed by atoms with E-state index in [4.69, 9.17) is 10.7 Å². The van der Waals surface area contributed by atoms with Crippen LogP contribution in [0.25, 0.3) is 32.2 Å². The molecule has 2 aromatic heterocycles. The summed E-state index contributed by atoms with van der Waals surface area (Å²) in [5.41, 5.74) is 11.1. The van der Waals surface area contributed by atoms with Crippen LogP contribution in [0.5, 0.6) is 0 Å². The van der Waals surface area contributed by atoms with Crippen LogP contribution in [-0.4, -0.2) is 52.1 Å². The summed E-state index contributed by atoms with van der Waals surface area (Å²) in [5.74, 6) is 0.214. The highest BCUT2D eigenvalue weighted by Crippen LogP contribution is 2.35. The molecule has 1 aliphatic rings. The second-order valence-electron chi connectivity index (χ2n) is 7.67. The van der Waals surface area contributed by atoms with Gasteiger partial charge in [-0.25, -0.2) is 19.7 Å². The Morgan fingerprint density at radius 1 is 1.09 bits per heavy atom. The molecule has 3 heterocycles. The third kappa shape index (κ3) is 4.00. The van der Waals surface area contributed by atoms with E-state index >= 15 is 0 Å². The smallest absolute Gasteiger partial charge is 0.321 e. The fourth-order valence-electron chi connectivity index (χ4n) is 3.81. The normalized spacial score (nSPS) is 14.0. The second kappa shape index (κ2) is 8.52. The Labute approximate surface area is 189 Å². The maximum atomic E-state index is 12.5. The van der Waals surface area contributed by atoms with Crippen molar-refractivity contribution in [2.24, 2.45) is 0 Å². The second-order valence-corrected chi connectivity index (χ2v) is 8.64. The SMILES string of the molecule is Cc1cc(NC(=O)N2CCNCC2)ccc1-c1nc(N)nc2sc(-c3ccccc3)nc12. The van der Waals surface area contributed by atoms with Crippen molar-refractivity contribution in [2.75, 3.05) is 37.2 Å². The molecule has 5 rings (SSSR count). The maximum absolute atomic E-state index is 12.5. The number of piperazine rings is 1. The molecule has 0 unspecified atom stereocenters. The van der Waals surface area contributed by atoms with Gasteiger partial charge in [0.25, 0.3) is 0 Å². The van der Waals surface area contributed by atoms with E-state index < -0.39 is 0 Å². The Hall–Kier alpha value is -3.56. The Morgan fingerprint density at radius 3 is 2.62 bits per heavy atom. The van der Waals surface area contributed by atoms with Crippen LogP contribution in [-0.2, 0) is 0 Å². The standard InChI is InChI=1S/C23H23N7OS/c1-14-13-16(26-23(31)30-11-9-25-10-12-30)7-8-17(14)18-19-21(29-22(24)28-18)32-20(27-19)15-5-3-2-4-6-15/h2-8,13,25H,9-12H2,1H3,(H,26,31)(H2,24,28,29). The van der Waals surface area contributed by atoms with E-state index in [0.29, 0.717) is 18.8 Å². The summed E-state index contributed by atoms with van der Waals surface area (Å²) >= 11 is 1.50. The minimum atomic E-state index is -0.0840. The zero-order valence-corrected chi connectivity index (χ0v) is 18.4. The lowest BCUT2D eigenvalue weighted by Gasteiger charge is -2.27. The molecule has 0 radical (unpaired) electrons. The van der Waals surface area contributed by atoms with Gasteiger partial charge in [0, 0.05) is 43.0 Å². The van der Waals surface area contributed by atoms with Gasteiger partial charge < -0.3 is 21.3 Å². The van der Waals surface area contributed by atoms with Gasteiger partial charge in [0.2, 0.25) is 5.95 Å². The van der Waals surface area contributed by atoms with Gasteiger partial charge in [-0.15, -0.1) is 0 Å². The minimum Gasteiger partial charge on any atom is -0.368 e. The Morgan fingerprint density at radius 2 is 1.88 bits per heavy atom. The number of aryl methyl sites for hydroxylation is 1. The molecule has 2 amide bonds. The van der Waals surface area contributed by atoms with Crippen molar-refractivity contribution in [3.05, 3.63) is 54.1 Å². The first kappa shape index (κ1) is 20.3. The van der Waals surface area contributed by atoms with Gasteiger partial charge in [-0.05, 0) is 24.6 Å². The monoisotopic (exact) mass is 445 g/mol. The van der Waals surface area contributed by atoms with Gasteiger partial charge in [0.05, 0.1) is 0 Å². The van der Waals surface area contributed by atoms with Crippen LogP contribution in [0.1, 0.15) is 5.56 Å². The topological polar surface area (TPSA) is 109 Å². The van der Waals surface area contributed by atoms with E-state index in [1.807, 2.05) is 60.4 Å². The number of aromatic nitrogens is 3. The molecule has 0 aliphatic carbocycles. The van der Waals surface area contributed by atoms with Gasteiger partial charge in [0.15, 0.2) is 0 Å². The average Bonchev–Trinajstić information content (AvgIpc) is 3.24. The Kier molecular flexibility index (Phi) is 5.42. The van der Waals surface area contributed by atoms with Crippen LogP contribution >= 0.6 is 11.3 Å². The molecule has 4 N–H and O–H groups in total. The Bertz CT molecular complexity index is 1280. The molecule has 0 spiro atoms. The van der Waals surface area contributed by atoms with Crippen molar-refractivity contribution in [2.45, 2.75) is 6.92 Å². The lowest BCUT2D eigenvalue weighted by atomic mass is 10.0. The van der Waals surface area contributed by atoms with Gasteiger partial charge in [-0.3, -0.25) is 0 Å². The van der Waals surface area contributed by atoms with Crippen molar-refractivity contribution < 1.29 is 4.79 Å². The van der Waals surface area contributed by atoms with Crippen LogP contribution in [0, 0.1) is 6.92 Å². The number of anilines is 2. The molecule has 162 valence electrons. The van der Waals surface area contributed by atoms with E-state index in [0.717, 1.165) is 50.8 Å². The lowest BCUT2D eigenvalue weighted by molar-refractivity contribution is 0.204. The number of urea groups is 1. The third-order valence-electron chi connectivity index (χ3n) is 5.43. The first-order chi connectivity index (χ1) is 15.6. The fourth-order valence-corrected chi connectivity index (χ4v) is 4.76. The maximum Gasteiger partial charge on any atom is 0.321 e. The molecule has 0 saturated carbocycles. The number of nitrogen functional groups attached to an aromatic ring is 1. The number of amides is 2. The van der Waals surface area contributed by atoms with Crippen LogP contribution in [0.15, 0.2) is 48.5 Å². The number of benzene rings is 2.